The molecule has 6 aromatic rings. The summed E-state index contributed by atoms with van der Waals surface area (Å²) in [7, 11) is 0. The second-order valence-corrected chi connectivity index (χ2v) is 8.53. The topological polar surface area (TPSA) is 89.7 Å². The van der Waals surface area contributed by atoms with Crippen molar-refractivity contribution in [2.24, 2.45) is 5.10 Å². The molecule has 4 aromatic heterocycles. The lowest BCUT2D eigenvalue weighted by Gasteiger charge is -1.98. The van der Waals surface area contributed by atoms with Crippen LogP contribution < -0.4 is 5.43 Å². The molecule has 0 aliphatic rings. The largest absolute Gasteiger partial charge is 0.454 e. The van der Waals surface area contributed by atoms with Gasteiger partial charge in [0.25, 0.3) is 0 Å². The second kappa shape index (κ2) is 8.45. The first-order chi connectivity index (χ1) is 16.7. The molecule has 0 atom stereocenters. The van der Waals surface area contributed by atoms with Crippen molar-refractivity contribution in [1.29, 1.82) is 0 Å². The molecule has 9 heteroatoms. The van der Waals surface area contributed by atoms with Crippen LogP contribution in [0.4, 0.5) is 0 Å². The van der Waals surface area contributed by atoms with Gasteiger partial charge in [0.1, 0.15) is 11.3 Å². The van der Waals surface area contributed by atoms with Gasteiger partial charge >= 0.3 is 0 Å². The Morgan fingerprint density at radius 3 is 2.82 bits per heavy atom. The molecule has 0 unspecified atom stereocenters. The van der Waals surface area contributed by atoms with Gasteiger partial charge in [0.2, 0.25) is 5.91 Å². The Bertz CT molecular complexity index is 1580. The molecule has 6 rings (SSSR count). The number of nitrogens with one attached hydrogen (secondary N) is 1. The van der Waals surface area contributed by atoms with E-state index in [9.17, 15) is 4.79 Å². The van der Waals surface area contributed by atoms with Gasteiger partial charge in [-0.05, 0) is 24.3 Å². The number of fused-ring (bicyclic) bond motifs is 2. The van der Waals surface area contributed by atoms with E-state index in [4.69, 9.17) is 9.52 Å². The smallest absolute Gasteiger partial charge is 0.246 e. The van der Waals surface area contributed by atoms with Crippen molar-refractivity contribution in [2.75, 3.05) is 0 Å². The molecule has 8 nitrogen and oxygen atoms in total. The first-order valence-electron chi connectivity index (χ1n) is 10.6. The van der Waals surface area contributed by atoms with E-state index in [1.165, 1.54) is 11.3 Å². The minimum absolute atomic E-state index is 0.144. The van der Waals surface area contributed by atoms with Crippen LogP contribution in [0.2, 0.25) is 0 Å². The number of para-hydroxylation sites is 2. The second-order valence-electron chi connectivity index (χ2n) is 7.66. The molecule has 1 N–H and O–H groups in total. The van der Waals surface area contributed by atoms with Crippen molar-refractivity contribution in [2.45, 2.75) is 6.42 Å². The van der Waals surface area contributed by atoms with E-state index in [2.05, 4.69) is 15.5 Å². The molecular formula is C25H18N6O2S. The van der Waals surface area contributed by atoms with Gasteiger partial charge in [-0.2, -0.15) is 10.2 Å². The van der Waals surface area contributed by atoms with Crippen LogP contribution in [-0.2, 0) is 11.2 Å². The highest BCUT2D eigenvalue weighted by atomic mass is 32.1. The minimum Gasteiger partial charge on any atom is -0.454 e. The molecule has 0 aliphatic heterocycles. The number of hydrogen-bond donors (Lipinski definition) is 1. The lowest BCUT2D eigenvalue weighted by molar-refractivity contribution is -0.120. The lowest BCUT2D eigenvalue weighted by Crippen LogP contribution is -2.19. The third-order valence-electron chi connectivity index (χ3n) is 5.30. The molecule has 34 heavy (non-hydrogen) atoms. The summed E-state index contributed by atoms with van der Waals surface area (Å²) in [6.45, 7) is 0. The third-order valence-corrected chi connectivity index (χ3v) is 6.07. The number of thiazole rings is 1. The number of carbonyl (C=O) groups is 1. The Morgan fingerprint density at radius 1 is 1.12 bits per heavy atom. The van der Waals surface area contributed by atoms with E-state index in [-0.39, 0.29) is 12.3 Å². The molecule has 0 saturated heterocycles. The zero-order valence-electron chi connectivity index (χ0n) is 17.8. The number of imidazole rings is 1. The molecule has 4 heterocycles. The fraction of sp³-hybridized carbons (Fsp3) is 0.0400. The predicted molar refractivity (Wildman–Crippen MR) is 131 cm³/mol. The van der Waals surface area contributed by atoms with Crippen LogP contribution >= 0.6 is 11.3 Å². The average molecular weight is 467 g/mol. The summed E-state index contributed by atoms with van der Waals surface area (Å²) in [6, 6.07) is 19.5. The number of hydrogen-bond acceptors (Lipinski definition) is 6. The maximum absolute atomic E-state index is 12.4. The van der Waals surface area contributed by atoms with Crippen molar-refractivity contribution >= 4 is 39.4 Å². The van der Waals surface area contributed by atoms with Crippen molar-refractivity contribution in [3.63, 3.8) is 0 Å². The standard InChI is InChI=1S/C25H18N6O2S/c32-23(13-19-16-30-10-11-34-25(30)27-19)28-26-14-18-15-31(20-7-2-1-3-8-20)29-24(18)22-12-17-6-4-5-9-21(17)33-22/h1-12,14-16H,13H2,(H,28,32). The van der Waals surface area contributed by atoms with Crippen LogP contribution in [0.1, 0.15) is 11.3 Å². The fourth-order valence-electron chi connectivity index (χ4n) is 3.72. The average Bonchev–Trinajstić information content (AvgIpc) is 3.62. The van der Waals surface area contributed by atoms with Gasteiger partial charge in [0.05, 0.1) is 24.0 Å². The Hall–Kier alpha value is -4.50. The number of hydrazone groups is 1. The van der Waals surface area contributed by atoms with E-state index < -0.39 is 0 Å². The molecule has 166 valence electrons. The zero-order chi connectivity index (χ0) is 22.9. The summed E-state index contributed by atoms with van der Waals surface area (Å²) in [5.74, 6) is 0.379. The van der Waals surface area contributed by atoms with Crippen molar-refractivity contribution in [1.82, 2.24) is 24.6 Å². The van der Waals surface area contributed by atoms with Crippen LogP contribution in [0.5, 0.6) is 0 Å². The summed E-state index contributed by atoms with van der Waals surface area (Å²) in [4.78, 5) is 17.7. The monoisotopic (exact) mass is 466 g/mol. The Labute approximate surface area is 197 Å². The molecule has 0 aliphatic carbocycles. The number of benzene rings is 2. The summed E-state index contributed by atoms with van der Waals surface area (Å²) in [5.41, 5.74) is 6.31. The molecule has 0 fully saturated rings. The Morgan fingerprint density at radius 2 is 1.97 bits per heavy atom. The number of carbonyl (C=O) groups excluding carboxylic acids is 1. The maximum atomic E-state index is 12.4. The van der Waals surface area contributed by atoms with Crippen molar-refractivity contribution in [3.05, 3.63) is 95.9 Å². The highest BCUT2D eigenvalue weighted by Crippen LogP contribution is 2.29. The van der Waals surface area contributed by atoms with Gasteiger partial charge < -0.3 is 4.42 Å². The first kappa shape index (κ1) is 20.1. The van der Waals surface area contributed by atoms with E-state index >= 15 is 0 Å². The highest BCUT2D eigenvalue weighted by molar-refractivity contribution is 7.15. The Kier molecular flexibility index (Phi) is 5.00. The normalized spacial score (nSPS) is 11.6. The highest BCUT2D eigenvalue weighted by Gasteiger charge is 2.16. The number of nitrogens with zero attached hydrogens (tertiary/aromatic N) is 5. The van der Waals surface area contributed by atoms with Crippen molar-refractivity contribution in [3.8, 4) is 17.1 Å². The van der Waals surface area contributed by atoms with Crippen molar-refractivity contribution < 1.29 is 9.21 Å². The molecule has 2 aromatic carbocycles. The predicted octanol–water partition coefficient (Wildman–Crippen LogP) is 4.69. The van der Waals surface area contributed by atoms with Crippen LogP contribution in [0.3, 0.4) is 0 Å². The summed E-state index contributed by atoms with van der Waals surface area (Å²) in [5, 5.41) is 11.9. The van der Waals surface area contributed by atoms with Gasteiger partial charge in [-0.15, -0.1) is 11.3 Å². The van der Waals surface area contributed by atoms with E-state index in [0.717, 1.165) is 21.6 Å². The van der Waals surface area contributed by atoms with Crippen LogP contribution in [0, 0.1) is 0 Å². The molecule has 0 spiro atoms. The SMILES string of the molecule is O=C(Cc1cn2ccsc2n1)NN=Cc1cn(-c2ccccc2)nc1-c1cc2ccccc2o1. The quantitative estimate of drug-likeness (QED) is 0.285. The molecular weight excluding hydrogens is 448 g/mol. The van der Waals surface area contributed by atoms with Gasteiger partial charge in [-0.3, -0.25) is 9.20 Å². The Balaban J connectivity index is 1.27. The van der Waals surface area contributed by atoms with Gasteiger partial charge in [0, 0.05) is 34.9 Å². The molecule has 1 amide bonds. The van der Waals surface area contributed by atoms with Crippen LogP contribution in [-0.4, -0.2) is 31.3 Å². The minimum atomic E-state index is -0.247. The lowest BCUT2D eigenvalue weighted by atomic mass is 10.2. The fourth-order valence-corrected chi connectivity index (χ4v) is 4.44. The third kappa shape index (κ3) is 3.89. The van der Waals surface area contributed by atoms with E-state index in [1.54, 1.807) is 10.9 Å². The maximum Gasteiger partial charge on any atom is 0.246 e. The van der Waals surface area contributed by atoms with E-state index in [0.29, 0.717) is 22.7 Å². The molecule has 0 saturated carbocycles. The van der Waals surface area contributed by atoms with Gasteiger partial charge in [-0.25, -0.2) is 15.1 Å². The number of aromatic nitrogens is 4. The van der Waals surface area contributed by atoms with Gasteiger partial charge in [0.15, 0.2) is 10.7 Å². The van der Waals surface area contributed by atoms with E-state index in [1.807, 2.05) is 89.0 Å². The number of furan rings is 1. The summed E-state index contributed by atoms with van der Waals surface area (Å²) < 4.78 is 9.70. The first-order valence-corrected chi connectivity index (χ1v) is 11.5. The van der Waals surface area contributed by atoms with Gasteiger partial charge in [-0.1, -0.05) is 36.4 Å². The number of rotatable bonds is 6. The zero-order valence-corrected chi connectivity index (χ0v) is 18.6. The summed E-state index contributed by atoms with van der Waals surface area (Å²) in [6.07, 6.45) is 7.34. The van der Waals surface area contributed by atoms with Crippen LogP contribution in [0.15, 0.2) is 94.2 Å². The molecule has 0 bridgehead atoms. The summed E-state index contributed by atoms with van der Waals surface area (Å²) >= 11 is 1.52. The number of amides is 1. The molecule has 0 radical (unpaired) electrons. The van der Waals surface area contributed by atoms with Crippen LogP contribution in [0.25, 0.3) is 33.1 Å².